The van der Waals surface area contributed by atoms with Crippen LogP contribution in [0.2, 0.25) is 0 Å². The average Bonchev–Trinajstić information content (AvgIpc) is 2.28. The second-order valence-corrected chi connectivity index (χ2v) is 4.43. The molecule has 3 N–H and O–H groups in total. The predicted molar refractivity (Wildman–Crippen MR) is 67.1 cm³/mol. The highest BCUT2D eigenvalue weighted by Gasteiger charge is 2.09. The van der Waals surface area contributed by atoms with Gasteiger partial charge < -0.3 is 15.5 Å². The van der Waals surface area contributed by atoms with Gasteiger partial charge in [0.15, 0.2) is 0 Å². The Bertz CT molecular complexity index is 356. The van der Waals surface area contributed by atoms with E-state index in [1.165, 1.54) is 0 Å². The van der Waals surface area contributed by atoms with Gasteiger partial charge in [-0.15, -0.1) is 0 Å². The van der Waals surface area contributed by atoms with Gasteiger partial charge >= 0.3 is 0 Å². The maximum Gasteiger partial charge on any atom is 0.133 e. The summed E-state index contributed by atoms with van der Waals surface area (Å²) < 4.78 is 0. The second-order valence-electron chi connectivity index (χ2n) is 4.43. The summed E-state index contributed by atoms with van der Waals surface area (Å²) in [6.45, 7) is 6.39. The molecule has 96 valence electrons. The van der Waals surface area contributed by atoms with Gasteiger partial charge in [-0.2, -0.15) is 0 Å². The van der Waals surface area contributed by atoms with Crippen LogP contribution in [-0.2, 0) is 0 Å². The van der Waals surface area contributed by atoms with E-state index in [-0.39, 0.29) is 6.61 Å². The molecule has 0 saturated carbocycles. The lowest BCUT2D eigenvalue weighted by Gasteiger charge is -2.14. The number of hydrogen-bond acceptors (Lipinski definition) is 5. The van der Waals surface area contributed by atoms with Crippen LogP contribution in [0.15, 0.2) is 6.20 Å². The average molecular weight is 239 g/mol. The van der Waals surface area contributed by atoms with Crippen molar-refractivity contribution in [3.63, 3.8) is 0 Å². The maximum absolute atomic E-state index is 9.25. The van der Waals surface area contributed by atoms with E-state index in [0.29, 0.717) is 18.9 Å². The number of aromatic nitrogens is 2. The van der Waals surface area contributed by atoms with Crippen LogP contribution in [0.3, 0.4) is 0 Å². The Kier molecular flexibility index (Phi) is 5.31. The Morgan fingerprint density at radius 1 is 1.41 bits per heavy atom. The molecule has 0 radical (unpaired) electrons. The first-order valence-corrected chi connectivity index (χ1v) is 5.91. The number of nitrogens with zero attached hydrogens (tertiary/aromatic N) is 2. The molecule has 17 heavy (non-hydrogen) atoms. The van der Waals surface area contributed by atoms with Gasteiger partial charge in [0.05, 0.1) is 12.7 Å². The van der Waals surface area contributed by atoms with Gasteiger partial charge in [-0.3, -0.25) is 0 Å². The number of aryl methyl sites for hydroxylation is 1. The molecule has 0 aliphatic rings. The molecule has 0 aromatic carbocycles. The van der Waals surface area contributed by atoms with E-state index in [0.717, 1.165) is 17.2 Å². The van der Waals surface area contributed by atoms with Crippen LogP contribution < -0.4 is 5.32 Å². The van der Waals surface area contributed by atoms with E-state index in [1.54, 1.807) is 0 Å². The predicted octanol–water partition coefficient (Wildman–Crippen LogP) is 1.06. The molecule has 0 amide bonds. The lowest BCUT2D eigenvalue weighted by atomic mass is 10.1. The van der Waals surface area contributed by atoms with Crippen molar-refractivity contribution in [1.82, 2.24) is 9.97 Å². The SMILES string of the molecule is Cc1ncc(C(C)C)c(NCC[C@@H](O)CO)n1. The van der Waals surface area contributed by atoms with Gasteiger partial charge in [-0.1, -0.05) is 13.8 Å². The van der Waals surface area contributed by atoms with Gasteiger partial charge in [0.25, 0.3) is 0 Å². The van der Waals surface area contributed by atoms with Crippen molar-refractivity contribution in [2.24, 2.45) is 0 Å². The van der Waals surface area contributed by atoms with Crippen molar-refractivity contribution < 1.29 is 10.2 Å². The van der Waals surface area contributed by atoms with Gasteiger partial charge in [-0.25, -0.2) is 9.97 Å². The summed E-state index contributed by atoms with van der Waals surface area (Å²) in [6, 6.07) is 0. The number of anilines is 1. The molecule has 0 saturated heterocycles. The highest BCUT2D eigenvalue weighted by Crippen LogP contribution is 2.21. The van der Waals surface area contributed by atoms with Crippen molar-refractivity contribution in [3.05, 3.63) is 17.6 Å². The topological polar surface area (TPSA) is 78.3 Å². The van der Waals surface area contributed by atoms with Crippen LogP contribution in [0.4, 0.5) is 5.82 Å². The Morgan fingerprint density at radius 2 is 2.12 bits per heavy atom. The van der Waals surface area contributed by atoms with Crippen molar-refractivity contribution in [1.29, 1.82) is 0 Å². The zero-order valence-electron chi connectivity index (χ0n) is 10.6. The van der Waals surface area contributed by atoms with E-state index in [1.807, 2.05) is 13.1 Å². The van der Waals surface area contributed by atoms with Crippen LogP contribution in [0.25, 0.3) is 0 Å². The zero-order chi connectivity index (χ0) is 12.8. The molecule has 1 atom stereocenters. The van der Waals surface area contributed by atoms with E-state index >= 15 is 0 Å². The Morgan fingerprint density at radius 3 is 2.71 bits per heavy atom. The van der Waals surface area contributed by atoms with E-state index < -0.39 is 6.10 Å². The number of rotatable bonds is 6. The molecule has 0 aliphatic heterocycles. The van der Waals surface area contributed by atoms with Gasteiger partial charge in [-0.05, 0) is 19.3 Å². The number of aliphatic hydroxyl groups is 2. The highest BCUT2D eigenvalue weighted by molar-refractivity contribution is 5.44. The second kappa shape index (κ2) is 6.51. The smallest absolute Gasteiger partial charge is 0.133 e. The standard InChI is InChI=1S/C12H21N3O2/c1-8(2)11-6-14-9(3)15-12(11)13-5-4-10(17)7-16/h6,8,10,16-17H,4-5,7H2,1-3H3,(H,13,14,15)/t10-/m1/s1. The molecular formula is C12H21N3O2. The van der Waals surface area contributed by atoms with E-state index in [4.69, 9.17) is 5.11 Å². The summed E-state index contributed by atoms with van der Waals surface area (Å²) in [7, 11) is 0. The summed E-state index contributed by atoms with van der Waals surface area (Å²) >= 11 is 0. The molecule has 0 fully saturated rings. The van der Waals surface area contributed by atoms with Crippen LogP contribution in [0, 0.1) is 6.92 Å². The number of hydrogen-bond donors (Lipinski definition) is 3. The fourth-order valence-corrected chi connectivity index (χ4v) is 1.49. The molecule has 5 nitrogen and oxygen atoms in total. The molecule has 1 rings (SSSR count). The minimum absolute atomic E-state index is 0.207. The Labute approximate surface area is 102 Å². The fourth-order valence-electron chi connectivity index (χ4n) is 1.49. The molecule has 0 bridgehead atoms. The Hall–Kier alpha value is -1.20. The molecule has 1 aromatic heterocycles. The highest BCUT2D eigenvalue weighted by atomic mass is 16.3. The third-order valence-electron chi connectivity index (χ3n) is 2.54. The first kappa shape index (κ1) is 13.9. The van der Waals surface area contributed by atoms with Gasteiger partial charge in [0.2, 0.25) is 0 Å². The van der Waals surface area contributed by atoms with Crippen LogP contribution >= 0.6 is 0 Å². The molecule has 0 unspecified atom stereocenters. The first-order chi connectivity index (χ1) is 8.04. The van der Waals surface area contributed by atoms with Crippen molar-refractivity contribution >= 4 is 5.82 Å². The summed E-state index contributed by atoms with van der Waals surface area (Å²) in [5.41, 5.74) is 1.06. The summed E-state index contributed by atoms with van der Waals surface area (Å²) in [4.78, 5) is 8.53. The van der Waals surface area contributed by atoms with Crippen LogP contribution in [0.5, 0.6) is 0 Å². The first-order valence-electron chi connectivity index (χ1n) is 5.91. The van der Waals surface area contributed by atoms with Crippen LogP contribution in [0.1, 0.15) is 37.6 Å². The third-order valence-corrected chi connectivity index (χ3v) is 2.54. The minimum Gasteiger partial charge on any atom is -0.394 e. The number of aliphatic hydroxyl groups excluding tert-OH is 2. The largest absolute Gasteiger partial charge is 0.394 e. The molecule has 0 aliphatic carbocycles. The molecule has 0 spiro atoms. The monoisotopic (exact) mass is 239 g/mol. The Balaban J connectivity index is 2.65. The van der Waals surface area contributed by atoms with Crippen LogP contribution in [-0.4, -0.2) is 39.4 Å². The van der Waals surface area contributed by atoms with E-state index in [2.05, 4.69) is 29.1 Å². The fraction of sp³-hybridized carbons (Fsp3) is 0.667. The van der Waals surface area contributed by atoms with Gasteiger partial charge in [0, 0.05) is 18.3 Å². The van der Waals surface area contributed by atoms with E-state index in [9.17, 15) is 5.11 Å². The maximum atomic E-state index is 9.25. The quantitative estimate of drug-likeness (QED) is 0.692. The van der Waals surface area contributed by atoms with Crippen molar-refractivity contribution in [2.45, 2.75) is 39.2 Å². The number of nitrogens with one attached hydrogen (secondary N) is 1. The normalized spacial score (nSPS) is 12.8. The van der Waals surface area contributed by atoms with Crippen molar-refractivity contribution in [2.75, 3.05) is 18.5 Å². The molecular weight excluding hydrogens is 218 g/mol. The lowest BCUT2D eigenvalue weighted by molar-refractivity contribution is 0.0911. The minimum atomic E-state index is -0.673. The lowest BCUT2D eigenvalue weighted by Crippen LogP contribution is -2.18. The summed E-state index contributed by atoms with van der Waals surface area (Å²) in [6.07, 6.45) is 1.66. The summed E-state index contributed by atoms with van der Waals surface area (Å²) in [5.74, 6) is 1.89. The molecule has 1 aromatic rings. The zero-order valence-corrected chi connectivity index (χ0v) is 10.6. The summed E-state index contributed by atoms with van der Waals surface area (Å²) in [5, 5.41) is 21.1. The third kappa shape index (κ3) is 4.28. The van der Waals surface area contributed by atoms with Gasteiger partial charge in [0.1, 0.15) is 11.6 Å². The van der Waals surface area contributed by atoms with Crippen molar-refractivity contribution in [3.8, 4) is 0 Å². The molecule has 1 heterocycles. The molecule has 5 heteroatoms.